The van der Waals surface area contributed by atoms with Crippen LogP contribution in [-0.4, -0.2) is 33.2 Å². The van der Waals surface area contributed by atoms with E-state index in [0.717, 1.165) is 22.2 Å². The number of hydrogen-bond acceptors (Lipinski definition) is 8. The first-order chi connectivity index (χ1) is 16.3. The van der Waals surface area contributed by atoms with Crippen LogP contribution >= 0.6 is 23.1 Å². The number of aryl methyl sites for hydroxylation is 2. The first-order valence-corrected chi connectivity index (χ1v) is 11.9. The molecule has 0 unspecified atom stereocenters. The van der Waals surface area contributed by atoms with Crippen LogP contribution < -0.4 is 15.6 Å². The van der Waals surface area contributed by atoms with E-state index < -0.39 is 10.8 Å². The van der Waals surface area contributed by atoms with Gasteiger partial charge in [0.05, 0.1) is 34.9 Å². The second-order valence-corrected chi connectivity index (χ2v) is 9.46. The van der Waals surface area contributed by atoms with Gasteiger partial charge in [-0.1, -0.05) is 30.0 Å². The number of nitrogens with one attached hydrogen (secondary N) is 1. The molecule has 1 amide bonds. The Labute approximate surface area is 202 Å². The normalized spacial score (nSPS) is 10.9. The maximum absolute atomic E-state index is 13.4. The lowest BCUT2D eigenvalue weighted by molar-refractivity contribution is -0.384. The molecule has 0 radical (unpaired) electrons. The molecule has 0 atom stereocenters. The molecular formula is C23H20N4O5S2. The van der Waals surface area contributed by atoms with Crippen LogP contribution in [0.5, 0.6) is 5.75 Å². The van der Waals surface area contributed by atoms with Crippen molar-refractivity contribution < 1.29 is 14.5 Å². The number of methoxy groups -OCH3 is 1. The van der Waals surface area contributed by atoms with Gasteiger partial charge in [0, 0.05) is 4.88 Å². The lowest BCUT2D eigenvalue weighted by Crippen LogP contribution is -2.23. The van der Waals surface area contributed by atoms with E-state index in [1.54, 1.807) is 12.1 Å². The molecule has 0 aliphatic carbocycles. The van der Waals surface area contributed by atoms with Gasteiger partial charge in [0.2, 0.25) is 5.91 Å². The third-order valence-electron chi connectivity index (χ3n) is 5.19. The zero-order valence-electron chi connectivity index (χ0n) is 18.5. The summed E-state index contributed by atoms with van der Waals surface area (Å²) in [7, 11) is 1.40. The average Bonchev–Trinajstić information content (AvgIpc) is 3.11. The predicted molar refractivity (Wildman–Crippen MR) is 134 cm³/mol. The Balaban J connectivity index is 1.66. The fraction of sp³-hybridized carbons (Fsp3) is 0.174. The number of fused-ring (bicyclic) bond motifs is 1. The predicted octanol–water partition coefficient (Wildman–Crippen LogP) is 4.71. The van der Waals surface area contributed by atoms with Crippen LogP contribution in [0.2, 0.25) is 0 Å². The van der Waals surface area contributed by atoms with Crippen molar-refractivity contribution in [3.05, 3.63) is 79.4 Å². The van der Waals surface area contributed by atoms with Crippen molar-refractivity contribution in [2.24, 2.45) is 0 Å². The molecule has 0 aliphatic heterocycles. The minimum absolute atomic E-state index is 0.0600. The van der Waals surface area contributed by atoms with Crippen LogP contribution in [0.3, 0.4) is 0 Å². The molecule has 0 spiro atoms. The molecule has 34 heavy (non-hydrogen) atoms. The number of thioether (sulfide) groups is 1. The SMILES string of the molecule is COc1ccc(NC(=O)CSc2nc3sc(C)c(C)c3c(=O)n2-c2ccccc2)c([N+](=O)[O-])c1. The molecule has 4 aromatic rings. The highest BCUT2D eigenvalue weighted by Gasteiger charge is 2.20. The van der Waals surface area contributed by atoms with E-state index in [4.69, 9.17) is 4.74 Å². The first kappa shape index (κ1) is 23.5. The lowest BCUT2D eigenvalue weighted by atomic mass is 10.2. The maximum Gasteiger partial charge on any atom is 0.296 e. The van der Waals surface area contributed by atoms with E-state index in [1.807, 2.05) is 32.0 Å². The topological polar surface area (TPSA) is 116 Å². The minimum atomic E-state index is -0.588. The van der Waals surface area contributed by atoms with Crippen LogP contribution in [0.1, 0.15) is 10.4 Å². The average molecular weight is 497 g/mol. The number of thiophene rings is 1. The fourth-order valence-corrected chi connectivity index (χ4v) is 5.27. The number of nitro benzene ring substituents is 1. The molecule has 0 fully saturated rings. The highest BCUT2D eigenvalue weighted by molar-refractivity contribution is 7.99. The number of nitrogens with zero attached hydrogens (tertiary/aromatic N) is 3. The van der Waals surface area contributed by atoms with E-state index in [2.05, 4.69) is 10.3 Å². The highest BCUT2D eigenvalue weighted by Crippen LogP contribution is 2.31. The van der Waals surface area contributed by atoms with Gasteiger partial charge in [0.1, 0.15) is 16.3 Å². The molecule has 9 nitrogen and oxygen atoms in total. The van der Waals surface area contributed by atoms with Gasteiger partial charge in [-0.25, -0.2) is 4.98 Å². The third kappa shape index (κ3) is 4.52. The number of carbonyl (C=O) groups is 1. The summed E-state index contributed by atoms with van der Waals surface area (Å²) in [5.74, 6) is -0.257. The Kier molecular flexibility index (Phi) is 6.66. The van der Waals surface area contributed by atoms with Crippen LogP contribution in [0.4, 0.5) is 11.4 Å². The molecule has 11 heteroatoms. The van der Waals surface area contributed by atoms with Crippen LogP contribution in [0.15, 0.2) is 58.5 Å². The summed E-state index contributed by atoms with van der Waals surface area (Å²) in [5.41, 5.74) is 1.11. The first-order valence-electron chi connectivity index (χ1n) is 10.1. The Morgan fingerprint density at radius 2 is 1.97 bits per heavy atom. The summed E-state index contributed by atoms with van der Waals surface area (Å²) in [6.07, 6.45) is 0. The molecule has 2 aromatic heterocycles. The number of benzene rings is 2. The molecule has 0 aliphatic rings. The van der Waals surface area contributed by atoms with Crippen molar-refractivity contribution in [1.82, 2.24) is 9.55 Å². The number of nitro groups is 1. The molecule has 2 heterocycles. The van der Waals surface area contributed by atoms with E-state index in [1.165, 1.54) is 41.2 Å². The van der Waals surface area contributed by atoms with Gasteiger partial charge in [0.15, 0.2) is 5.16 Å². The molecule has 174 valence electrons. The number of ether oxygens (including phenoxy) is 1. The summed E-state index contributed by atoms with van der Waals surface area (Å²) in [6, 6.07) is 13.3. The van der Waals surface area contributed by atoms with Gasteiger partial charge in [0.25, 0.3) is 11.2 Å². The van der Waals surface area contributed by atoms with Crippen molar-refractivity contribution in [1.29, 1.82) is 0 Å². The standard InChI is InChI=1S/C23H20N4O5S2/c1-13-14(2)34-21-20(13)22(29)26(15-7-5-4-6-8-15)23(25-21)33-12-19(28)24-17-10-9-16(32-3)11-18(17)27(30)31/h4-11H,12H2,1-3H3,(H,24,28). The van der Waals surface area contributed by atoms with Gasteiger partial charge < -0.3 is 10.1 Å². The van der Waals surface area contributed by atoms with E-state index in [0.29, 0.717) is 26.8 Å². The van der Waals surface area contributed by atoms with Crippen molar-refractivity contribution in [3.63, 3.8) is 0 Å². The Morgan fingerprint density at radius 3 is 2.65 bits per heavy atom. The van der Waals surface area contributed by atoms with Crippen molar-refractivity contribution in [2.75, 3.05) is 18.2 Å². The fourth-order valence-electron chi connectivity index (χ4n) is 3.39. The number of anilines is 1. The second-order valence-electron chi connectivity index (χ2n) is 7.31. The summed E-state index contributed by atoms with van der Waals surface area (Å²) in [5, 5.41) is 14.9. The molecule has 0 saturated heterocycles. The Morgan fingerprint density at radius 1 is 1.24 bits per heavy atom. The van der Waals surface area contributed by atoms with Gasteiger partial charge in [-0.05, 0) is 43.7 Å². The quantitative estimate of drug-likeness (QED) is 0.170. The number of para-hydroxylation sites is 1. The van der Waals surface area contributed by atoms with Crippen molar-refractivity contribution in [3.8, 4) is 11.4 Å². The van der Waals surface area contributed by atoms with Crippen molar-refractivity contribution >= 4 is 50.6 Å². The molecule has 4 rings (SSSR count). The van der Waals surface area contributed by atoms with Gasteiger partial charge in [-0.2, -0.15) is 0 Å². The van der Waals surface area contributed by atoms with E-state index in [-0.39, 0.29) is 22.7 Å². The number of amides is 1. The zero-order valence-corrected chi connectivity index (χ0v) is 20.2. The summed E-state index contributed by atoms with van der Waals surface area (Å²) in [6.45, 7) is 3.84. The van der Waals surface area contributed by atoms with Gasteiger partial charge in [-0.3, -0.25) is 24.3 Å². The van der Waals surface area contributed by atoms with Crippen LogP contribution in [0, 0.1) is 24.0 Å². The van der Waals surface area contributed by atoms with Gasteiger partial charge in [-0.15, -0.1) is 11.3 Å². The number of rotatable bonds is 7. The smallest absolute Gasteiger partial charge is 0.296 e. The number of carbonyl (C=O) groups excluding carboxylic acids is 1. The summed E-state index contributed by atoms with van der Waals surface area (Å²) < 4.78 is 6.52. The summed E-state index contributed by atoms with van der Waals surface area (Å²) >= 11 is 2.52. The third-order valence-corrected chi connectivity index (χ3v) is 7.23. The minimum Gasteiger partial charge on any atom is -0.496 e. The lowest BCUT2D eigenvalue weighted by Gasteiger charge is -2.12. The zero-order chi connectivity index (χ0) is 24.4. The monoisotopic (exact) mass is 496 g/mol. The molecular weight excluding hydrogens is 476 g/mol. The van der Waals surface area contributed by atoms with Crippen molar-refractivity contribution in [2.45, 2.75) is 19.0 Å². The molecule has 2 aromatic carbocycles. The second kappa shape index (κ2) is 9.65. The Hall–Kier alpha value is -3.70. The van der Waals surface area contributed by atoms with E-state index >= 15 is 0 Å². The molecule has 0 bridgehead atoms. The van der Waals surface area contributed by atoms with Crippen LogP contribution in [-0.2, 0) is 4.79 Å². The Bertz CT molecular complexity index is 1460. The molecule has 0 saturated carbocycles. The highest BCUT2D eigenvalue weighted by atomic mass is 32.2. The molecule has 1 N–H and O–H groups in total. The maximum atomic E-state index is 13.4. The number of aromatic nitrogens is 2. The number of hydrogen-bond donors (Lipinski definition) is 1. The summed E-state index contributed by atoms with van der Waals surface area (Å²) in [4.78, 5) is 43.2. The largest absolute Gasteiger partial charge is 0.496 e. The van der Waals surface area contributed by atoms with Crippen LogP contribution in [0.25, 0.3) is 15.9 Å². The van der Waals surface area contributed by atoms with Gasteiger partial charge >= 0.3 is 0 Å². The van der Waals surface area contributed by atoms with E-state index in [9.17, 15) is 19.7 Å².